The van der Waals surface area contributed by atoms with Gasteiger partial charge >= 0.3 is 0 Å². The molecule has 102 valence electrons. The molecule has 1 N–H and O–H groups in total. The van der Waals surface area contributed by atoms with Gasteiger partial charge in [0.1, 0.15) is 0 Å². The van der Waals surface area contributed by atoms with Crippen LogP contribution in [-0.4, -0.2) is 25.8 Å². The van der Waals surface area contributed by atoms with E-state index in [-0.39, 0.29) is 1.43 Å². The Morgan fingerprint density at radius 2 is 2.06 bits per heavy atom. The van der Waals surface area contributed by atoms with Gasteiger partial charge in [-0.3, -0.25) is 0 Å². The third kappa shape index (κ3) is 13.1. The van der Waals surface area contributed by atoms with Crippen LogP contribution in [0.3, 0.4) is 0 Å². The molecule has 0 saturated heterocycles. The summed E-state index contributed by atoms with van der Waals surface area (Å²) < 4.78 is 5.58. The van der Waals surface area contributed by atoms with Gasteiger partial charge in [-0.15, -0.1) is 13.2 Å². The lowest BCUT2D eigenvalue weighted by atomic mass is 10.2. The highest BCUT2D eigenvalue weighted by Gasteiger charge is 2.04. The van der Waals surface area contributed by atoms with E-state index in [4.69, 9.17) is 4.74 Å². The van der Waals surface area contributed by atoms with Gasteiger partial charge in [-0.2, -0.15) is 0 Å². The average Bonchev–Trinajstić information content (AvgIpc) is 2.36. The van der Waals surface area contributed by atoms with Crippen LogP contribution in [0, 0.1) is 0 Å². The number of allylic oxidation sites excluding steroid dienone is 1. The minimum Gasteiger partial charge on any atom is -0.375 e. The number of hydrogen-bond donors (Lipinski definition) is 1. The van der Waals surface area contributed by atoms with Crippen molar-refractivity contribution in [3.05, 3.63) is 37.5 Å². The van der Waals surface area contributed by atoms with E-state index in [1.807, 2.05) is 19.1 Å². The standard InChI is InChI=1S/C13H25NO.C2H4.H2/c1-5-8-12(4)10-15-11-13(7-3)14-9-6-2;1-2;/h5,8,13-14H,4,6-7,9-11H2,1-3H3;1-2H2;1H/b8-5-;;. The average molecular weight is 241 g/mol. The van der Waals surface area contributed by atoms with Crippen LogP contribution >= 0.6 is 0 Å². The molecule has 0 aliphatic carbocycles. The minimum atomic E-state index is 0. The van der Waals surface area contributed by atoms with Crippen LogP contribution in [0.4, 0.5) is 0 Å². The smallest absolute Gasteiger partial charge is 0.0711 e. The third-order valence-corrected chi connectivity index (χ3v) is 2.18. The fourth-order valence-electron chi connectivity index (χ4n) is 1.29. The Kier molecular flexibility index (Phi) is 16.5. The molecule has 0 heterocycles. The number of ether oxygens (including phenoxy) is 1. The summed E-state index contributed by atoms with van der Waals surface area (Å²) in [5.41, 5.74) is 1.03. The van der Waals surface area contributed by atoms with E-state index in [2.05, 4.69) is 38.9 Å². The molecular weight excluding hydrogens is 210 g/mol. The highest BCUT2D eigenvalue weighted by atomic mass is 16.5. The first-order chi connectivity index (χ1) is 8.24. The van der Waals surface area contributed by atoms with Gasteiger partial charge in [0.25, 0.3) is 0 Å². The molecule has 0 aromatic heterocycles. The van der Waals surface area contributed by atoms with Gasteiger partial charge < -0.3 is 10.1 Å². The van der Waals surface area contributed by atoms with Crippen LogP contribution in [0.5, 0.6) is 0 Å². The topological polar surface area (TPSA) is 21.3 Å². The van der Waals surface area contributed by atoms with Gasteiger partial charge in [0.2, 0.25) is 0 Å². The van der Waals surface area contributed by atoms with E-state index < -0.39 is 0 Å². The maximum atomic E-state index is 5.58. The predicted molar refractivity (Wildman–Crippen MR) is 80.5 cm³/mol. The van der Waals surface area contributed by atoms with Gasteiger partial charge in [-0.05, 0) is 31.9 Å². The fraction of sp³-hybridized carbons (Fsp3) is 0.600. The molecule has 0 rings (SSSR count). The van der Waals surface area contributed by atoms with Gasteiger partial charge in [0.05, 0.1) is 13.2 Å². The zero-order valence-electron chi connectivity index (χ0n) is 11.8. The van der Waals surface area contributed by atoms with Gasteiger partial charge in [0.15, 0.2) is 0 Å². The molecule has 2 nitrogen and oxygen atoms in total. The summed E-state index contributed by atoms with van der Waals surface area (Å²) in [6, 6.07) is 0.475. The summed E-state index contributed by atoms with van der Waals surface area (Å²) in [6.45, 7) is 18.7. The van der Waals surface area contributed by atoms with Crippen LogP contribution in [0.15, 0.2) is 37.5 Å². The maximum absolute atomic E-state index is 5.58. The van der Waals surface area contributed by atoms with Crippen LogP contribution in [0.2, 0.25) is 0 Å². The second kappa shape index (κ2) is 15.1. The lowest BCUT2D eigenvalue weighted by Crippen LogP contribution is -2.33. The van der Waals surface area contributed by atoms with Crippen molar-refractivity contribution >= 4 is 0 Å². The van der Waals surface area contributed by atoms with Crippen molar-refractivity contribution in [1.82, 2.24) is 5.32 Å². The Morgan fingerprint density at radius 1 is 1.41 bits per heavy atom. The molecule has 0 amide bonds. The fourth-order valence-corrected chi connectivity index (χ4v) is 1.29. The highest BCUT2D eigenvalue weighted by Crippen LogP contribution is 1.97. The molecule has 0 aromatic rings. The second-order valence-corrected chi connectivity index (χ2v) is 3.73. The van der Waals surface area contributed by atoms with Crippen molar-refractivity contribution in [2.75, 3.05) is 19.8 Å². The summed E-state index contributed by atoms with van der Waals surface area (Å²) in [6.07, 6.45) is 6.25. The van der Waals surface area contributed by atoms with Crippen LogP contribution in [0.1, 0.15) is 35.0 Å². The lowest BCUT2D eigenvalue weighted by molar-refractivity contribution is 0.130. The highest BCUT2D eigenvalue weighted by molar-refractivity contribution is 5.13. The summed E-state index contributed by atoms with van der Waals surface area (Å²) in [4.78, 5) is 0. The molecule has 0 aliphatic heterocycles. The Bertz CT molecular complexity index is 205. The second-order valence-electron chi connectivity index (χ2n) is 3.73. The van der Waals surface area contributed by atoms with Crippen LogP contribution in [-0.2, 0) is 4.74 Å². The summed E-state index contributed by atoms with van der Waals surface area (Å²) in [5.74, 6) is 0. The van der Waals surface area contributed by atoms with Gasteiger partial charge in [0, 0.05) is 7.47 Å². The van der Waals surface area contributed by atoms with E-state index in [1.165, 1.54) is 6.42 Å². The third-order valence-electron chi connectivity index (χ3n) is 2.18. The Labute approximate surface area is 109 Å². The van der Waals surface area contributed by atoms with E-state index in [0.29, 0.717) is 12.6 Å². The maximum Gasteiger partial charge on any atom is 0.0711 e. The Balaban J connectivity index is -0.000000709. The molecule has 0 bridgehead atoms. The predicted octanol–water partition coefficient (Wildman–Crippen LogP) is 3.96. The van der Waals surface area contributed by atoms with Gasteiger partial charge in [-0.25, -0.2) is 0 Å². The van der Waals surface area contributed by atoms with Crippen molar-refractivity contribution < 1.29 is 6.16 Å². The normalized spacial score (nSPS) is 11.9. The number of nitrogens with one attached hydrogen (secondary N) is 1. The summed E-state index contributed by atoms with van der Waals surface area (Å²) in [5, 5.41) is 3.45. The van der Waals surface area contributed by atoms with Gasteiger partial charge in [-0.1, -0.05) is 32.6 Å². The first kappa shape index (κ1) is 18.5. The summed E-state index contributed by atoms with van der Waals surface area (Å²) in [7, 11) is 0. The lowest BCUT2D eigenvalue weighted by Gasteiger charge is -2.16. The van der Waals surface area contributed by atoms with E-state index in [9.17, 15) is 0 Å². The molecule has 0 aliphatic rings. The number of rotatable bonds is 9. The zero-order valence-corrected chi connectivity index (χ0v) is 11.8. The first-order valence-electron chi connectivity index (χ1n) is 6.36. The summed E-state index contributed by atoms with van der Waals surface area (Å²) >= 11 is 0. The Morgan fingerprint density at radius 3 is 2.53 bits per heavy atom. The van der Waals surface area contributed by atoms with Crippen LogP contribution in [0.25, 0.3) is 0 Å². The van der Waals surface area contributed by atoms with Crippen molar-refractivity contribution in [2.24, 2.45) is 0 Å². The molecule has 17 heavy (non-hydrogen) atoms. The van der Waals surface area contributed by atoms with E-state index >= 15 is 0 Å². The van der Waals surface area contributed by atoms with Crippen molar-refractivity contribution in [3.63, 3.8) is 0 Å². The molecule has 0 fully saturated rings. The SMILES string of the molecule is C=C.C=C(/C=C\C)COCC(CC)NCCC.[HH]. The quantitative estimate of drug-likeness (QED) is 0.487. The van der Waals surface area contributed by atoms with Crippen molar-refractivity contribution in [1.29, 1.82) is 0 Å². The molecule has 0 spiro atoms. The largest absolute Gasteiger partial charge is 0.375 e. The minimum absolute atomic E-state index is 0. The monoisotopic (exact) mass is 241 g/mol. The number of hydrogen-bond acceptors (Lipinski definition) is 2. The Hall–Kier alpha value is -0.860. The van der Waals surface area contributed by atoms with E-state index in [0.717, 1.165) is 25.1 Å². The molecule has 2 heteroatoms. The van der Waals surface area contributed by atoms with E-state index in [1.54, 1.807) is 0 Å². The first-order valence-corrected chi connectivity index (χ1v) is 6.36. The molecule has 0 aromatic carbocycles. The molecule has 0 saturated carbocycles. The molecular formula is C15H31NO. The zero-order chi connectivity index (χ0) is 13.5. The molecule has 1 atom stereocenters. The van der Waals surface area contributed by atoms with Crippen LogP contribution < -0.4 is 5.32 Å². The molecule has 0 radical (unpaired) electrons. The van der Waals surface area contributed by atoms with Crippen molar-refractivity contribution in [2.45, 2.75) is 39.7 Å². The molecule has 1 unspecified atom stereocenters. The van der Waals surface area contributed by atoms with Crippen molar-refractivity contribution in [3.8, 4) is 0 Å².